The van der Waals surface area contributed by atoms with Gasteiger partial charge in [0.25, 0.3) is 5.56 Å². The SMILES string of the molecule is CC(=O)OCC1OCC(n2cc(I)c(=O)[nH]c2=O)O1. The molecule has 0 amide bonds. The second-order valence-electron chi connectivity index (χ2n) is 3.80. The minimum absolute atomic E-state index is 0.0406. The number of hydrogen-bond acceptors (Lipinski definition) is 6. The zero-order valence-corrected chi connectivity index (χ0v) is 12.1. The molecule has 0 radical (unpaired) electrons. The van der Waals surface area contributed by atoms with Crippen molar-refractivity contribution in [2.45, 2.75) is 19.4 Å². The van der Waals surface area contributed by atoms with Gasteiger partial charge in [0.2, 0.25) is 0 Å². The van der Waals surface area contributed by atoms with Crippen molar-refractivity contribution in [2.75, 3.05) is 13.2 Å². The van der Waals surface area contributed by atoms with Crippen molar-refractivity contribution in [3.05, 3.63) is 30.6 Å². The van der Waals surface area contributed by atoms with Crippen LogP contribution < -0.4 is 11.2 Å². The molecular formula is C10H11IN2O6. The molecule has 2 rings (SSSR count). The van der Waals surface area contributed by atoms with Crippen molar-refractivity contribution < 1.29 is 19.0 Å². The lowest BCUT2D eigenvalue weighted by Gasteiger charge is -2.13. The van der Waals surface area contributed by atoms with E-state index in [1.165, 1.54) is 17.7 Å². The largest absolute Gasteiger partial charge is 0.460 e. The van der Waals surface area contributed by atoms with Gasteiger partial charge in [-0.15, -0.1) is 0 Å². The average Bonchev–Trinajstić information content (AvgIpc) is 2.80. The third-order valence-electron chi connectivity index (χ3n) is 2.39. The summed E-state index contributed by atoms with van der Waals surface area (Å²) in [6, 6.07) is 0. The van der Waals surface area contributed by atoms with Crippen molar-refractivity contribution in [3.8, 4) is 0 Å². The Kier molecular flexibility index (Phi) is 4.37. The number of H-pyrrole nitrogens is 1. The number of hydrogen-bond donors (Lipinski definition) is 1. The summed E-state index contributed by atoms with van der Waals surface area (Å²) in [6.07, 6.45) is 0.0214. The zero-order chi connectivity index (χ0) is 14.0. The van der Waals surface area contributed by atoms with Crippen LogP contribution in [-0.2, 0) is 19.0 Å². The molecule has 2 unspecified atom stereocenters. The molecule has 1 aliphatic heterocycles. The third-order valence-corrected chi connectivity index (χ3v) is 3.16. The number of esters is 1. The number of nitrogens with zero attached hydrogens (tertiary/aromatic N) is 1. The topological polar surface area (TPSA) is 99.6 Å². The molecule has 0 aromatic carbocycles. The maximum absolute atomic E-state index is 11.6. The molecular weight excluding hydrogens is 371 g/mol. The minimum Gasteiger partial charge on any atom is -0.460 e. The van der Waals surface area contributed by atoms with Crippen molar-refractivity contribution in [3.63, 3.8) is 0 Å². The van der Waals surface area contributed by atoms with E-state index in [4.69, 9.17) is 14.2 Å². The number of carbonyl (C=O) groups excluding carboxylic acids is 1. The zero-order valence-electron chi connectivity index (χ0n) is 9.92. The Morgan fingerprint density at radius 2 is 2.37 bits per heavy atom. The Labute approximate surface area is 120 Å². The van der Waals surface area contributed by atoms with Crippen molar-refractivity contribution in [1.29, 1.82) is 0 Å². The molecule has 0 bridgehead atoms. The van der Waals surface area contributed by atoms with E-state index in [1.807, 2.05) is 22.6 Å². The lowest BCUT2D eigenvalue weighted by Crippen LogP contribution is -2.34. The number of halogens is 1. The third kappa shape index (κ3) is 3.42. The summed E-state index contributed by atoms with van der Waals surface area (Å²) in [4.78, 5) is 35.7. The normalized spacial score (nSPS) is 22.4. The second kappa shape index (κ2) is 5.84. The van der Waals surface area contributed by atoms with Gasteiger partial charge in [-0.3, -0.25) is 19.1 Å². The van der Waals surface area contributed by atoms with Crippen LogP contribution in [0.2, 0.25) is 0 Å². The molecule has 1 aromatic rings. The van der Waals surface area contributed by atoms with Gasteiger partial charge in [0.1, 0.15) is 6.61 Å². The molecule has 2 heterocycles. The van der Waals surface area contributed by atoms with E-state index in [0.717, 1.165) is 0 Å². The lowest BCUT2D eigenvalue weighted by atomic mass is 10.5. The molecule has 104 valence electrons. The second-order valence-corrected chi connectivity index (χ2v) is 4.96. The van der Waals surface area contributed by atoms with E-state index in [2.05, 4.69) is 4.98 Å². The summed E-state index contributed by atoms with van der Waals surface area (Å²) in [5.74, 6) is -0.439. The first-order valence-electron chi connectivity index (χ1n) is 5.39. The van der Waals surface area contributed by atoms with Crippen LogP contribution in [-0.4, -0.2) is 35.0 Å². The number of aromatic nitrogens is 2. The molecule has 1 saturated heterocycles. The molecule has 0 aliphatic carbocycles. The highest BCUT2D eigenvalue weighted by Crippen LogP contribution is 2.19. The number of aromatic amines is 1. The molecule has 0 spiro atoms. The highest BCUT2D eigenvalue weighted by atomic mass is 127. The molecule has 19 heavy (non-hydrogen) atoms. The fraction of sp³-hybridized carbons (Fsp3) is 0.500. The van der Waals surface area contributed by atoms with Crippen LogP contribution in [0.1, 0.15) is 13.2 Å². The van der Waals surface area contributed by atoms with Crippen LogP contribution in [0, 0.1) is 3.57 Å². The van der Waals surface area contributed by atoms with Crippen LogP contribution >= 0.6 is 22.6 Å². The predicted molar refractivity (Wildman–Crippen MR) is 70.5 cm³/mol. The van der Waals surface area contributed by atoms with Crippen molar-refractivity contribution in [1.82, 2.24) is 9.55 Å². The summed E-state index contributed by atoms with van der Waals surface area (Å²) in [5.41, 5.74) is -1.02. The van der Waals surface area contributed by atoms with E-state index < -0.39 is 29.7 Å². The van der Waals surface area contributed by atoms with Gasteiger partial charge in [0.15, 0.2) is 12.5 Å². The Hall–Kier alpha value is -1.20. The number of rotatable bonds is 3. The van der Waals surface area contributed by atoms with Crippen LogP contribution in [0.5, 0.6) is 0 Å². The molecule has 1 aromatic heterocycles. The fourth-order valence-electron chi connectivity index (χ4n) is 1.54. The lowest BCUT2D eigenvalue weighted by molar-refractivity contribution is -0.156. The highest BCUT2D eigenvalue weighted by molar-refractivity contribution is 14.1. The van der Waals surface area contributed by atoms with Gasteiger partial charge in [0.05, 0.1) is 10.2 Å². The van der Waals surface area contributed by atoms with E-state index >= 15 is 0 Å². The first-order valence-corrected chi connectivity index (χ1v) is 6.46. The Morgan fingerprint density at radius 1 is 1.63 bits per heavy atom. The van der Waals surface area contributed by atoms with Gasteiger partial charge in [-0.2, -0.15) is 0 Å². The molecule has 0 saturated carbocycles. The summed E-state index contributed by atoms with van der Waals surface area (Å²) in [6.45, 7) is 1.37. The number of carbonyl (C=O) groups is 1. The molecule has 2 atom stereocenters. The molecule has 1 aliphatic rings. The smallest absolute Gasteiger partial charge is 0.330 e. The first kappa shape index (κ1) is 14.2. The Bertz CT molecular complexity index is 594. The Balaban J connectivity index is 2.09. The van der Waals surface area contributed by atoms with E-state index in [1.54, 1.807) is 0 Å². The van der Waals surface area contributed by atoms with Gasteiger partial charge in [-0.1, -0.05) is 0 Å². The van der Waals surface area contributed by atoms with E-state index in [0.29, 0.717) is 3.57 Å². The van der Waals surface area contributed by atoms with Crippen molar-refractivity contribution in [2.24, 2.45) is 0 Å². The monoisotopic (exact) mass is 382 g/mol. The number of nitrogens with one attached hydrogen (secondary N) is 1. The maximum atomic E-state index is 11.6. The summed E-state index contributed by atoms with van der Waals surface area (Å²) in [7, 11) is 0. The van der Waals surface area contributed by atoms with Crippen LogP contribution in [0.25, 0.3) is 0 Å². The quantitative estimate of drug-likeness (QED) is 0.563. The van der Waals surface area contributed by atoms with Gasteiger partial charge in [-0.25, -0.2) is 4.79 Å². The van der Waals surface area contributed by atoms with E-state index in [-0.39, 0.29) is 13.2 Å². The number of ether oxygens (including phenoxy) is 3. The predicted octanol–water partition coefficient (Wildman–Crippen LogP) is -0.424. The molecule has 1 N–H and O–H groups in total. The van der Waals surface area contributed by atoms with Gasteiger partial charge in [-0.05, 0) is 22.6 Å². The Morgan fingerprint density at radius 3 is 3.05 bits per heavy atom. The summed E-state index contributed by atoms with van der Waals surface area (Å²) >= 11 is 1.81. The molecule has 9 heteroatoms. The van der Waals surface area contributed by atoms with Gasteiger partial charge < -0.3 is 14.2 Å². The molecule has 1 fully saturated rings. The van der Waals surface area contributed by atoms with Gasteiger partial charge in [0, 0.05) is 13.1 Å². The summed E-state index contributed by atoms with van der Waals surface area (Å²) < 4.78 is 17.0. The van der Waals surface area contributed by atoms with Crippen LogP contribution in [0.3, 0.4) is 0 Å². The van der Waals surface area contributed by atoms with Crippen LogP contribution in [0.4, 0.5) is 0 Å². The standard InChI is InChI=1S/C10H11IN2O6/c1-5(14)17-4-8-18-3-7(19-8)13-2-6(11)9(15)12-10(13)16/h2,7-8H,3-4H2,1H3,(H,12,15,16). The molecule has 8 nitrogen and oxygen atoms in total. The van der Waals surface area contributed by atoms with Crippen LogP contribution in [0.15, 0.2) is 15.8 Å². The first-order chi connectivity index (χ1) is 8.97. The van der Waals surface area contributed by atoms with E-state index in [9.17, 15) is 14.4 Å². The highest BCUT2D eigenvalue weighted by Gasteiger charge is 2.29. The average molecular weight is 382 g/mol. The fourth-order valence-corrected chi connectivity index (χ4v) is 1.97. The van der Waals surface area contributed by atoms with Crippen molar-refractivity contribution >= 4 is 28.6 Å². The minimum atomic E-state index is -0.717. The maximum Gasteiger partial charge on any atom is 0.330 e. The summed E-state index contributed by atoms with van der Waals surface area (Å²) in [5, 5.41) is 0. The van der Waals surface area contributed by atoms with Gasteiger partial charge >= 0.3 is 11.7 Å².